The highest BCUT2D eigenvalue weighted by molar-refractivity contribution is 7.97. The van der Waals surface area contributed by atoms with E-state index in [9.17, 15) is 8.42 Å². The zero-order chi connectivity index (χ0) is 37.3. The SMILES string of the molecule is CC1=CC2CS(=O)(=O)Cc3cc(C)ccc3C2C=C1.Cc1ccc2c(c1)COCc1cc(C)ccc1-2.Cc1ccc2c(c1)CSCc1cc(C)ccc1-2. The van der Waals surface area contributed by atoms with Gasteiger partial charge in [0.1, 0.15) is 0 Å². The smallest absolute Gasteiger partial charge is 0.155 e. The number of hydrogen-bond donors (Lipinski definition) is 0. The van der Waals surface area contributed by atoms with Gasteiger partial charge in [-0.15, -0.1) is 0 Å². The maximum atomic E-state index is 12.3. The molecule has 5 heteroatoms. The van der Waals surface area contributed by atoms with E-state index in [4.69, 9.17) is 4.74 Å². The van der Waals surface area contributed by atoms with E-state index in [0.29, 0.717) is 13.2 Å². The third-order valence-electron chi connectivity index (χ3n) is 10.6. The van der Waals surface area contributed by atoms with Crippen LogP contribution in [0.3, 0.4) is 0 Å². The number of rotatable bonds is 0. The van der Waals surface area contributed by atoms with E-state index in [2.05, 4.69) is 131 Å². The molecule has 4 aliphatic rings. The molecule has 0 amide bonds. The number of benzene rings is 5. The molecule has 0 fully saturated rings. The highest BCUT2D eigenvalue weighted by Crippen LogP contribution is 2.40. The predicted molar refractivity (Wildman–Crippen MR) is 224 cm³/mol. The topological polar surface area (TPSA) is 43.4 Å². The second kappa shape index (κ2) is 15.7. The number of thioether (sulfide) groups is 1. The Morgan fingerprint density at radius 1 is 0.566 bits per heavy atom. The predicted octanol–water partition coefficient (Wildman–Crippen LogP) is 11.9. The number of aryl methyl sites for hydroxylation is 5. The van der Waals surface area contributed by atoms with E-state index in [1.165, 1.54) is 72.3 Å². The molecule has 0 bridgehead atoms. The highest BCUT2D eigenvalue weighted by atomic mass is 32.2. The molecule has 0 saturated carbocycles. The van der Waals surface area contributed by atoms with Crippen molar-refractivity contribution in [1.29, 1.82) is 0 Å². The number of ether oxygens (including phenoxy) is 1. The summed E-state index contributed by atoms with van der Waals surface area (Å²) in [6.45, 7) is 14.1. The van der Waals surface area contributed by atoms with Gasteiger partial charge in [0.15, 0.2) is 9.84 Å². The first-order chi connectivity index (χ1) is 25.4. The van der Waals surface area contributed by atoms with Crippen LogP contribution in [0, 0.1) is 40.5 Å². The number of hydrogen-bond acceptors (Lipinski definition) is 4. The van der Waals surface area contributed by atoms with Gasteiger partial charge >= 0.3 is 0 Å². The van der Waals surface area contributed by atoms with Gasteiger partial charge in [-0.05, 0) is 97.2 Å². The molecule has 0 radical (unpaired) electrons. The van der Waals surface area contributed by atoms with E-state index in [0.717, 1.165) is 28.2 Å². The minimum absolute atomic E-state index is 0.0824. The van der Waals surface area contributed by atoms with Crippen LogP contribution >= 0.6 is 11.8 Å². The van der Waals surface area contributed by atoms with Crippen molar-refractivity contribution in [1.82, 2.24) is 0 Å². The van der Waals surface area contributed by atoms with Crippen LogP contribution in [-0.4, -0.2) is 14.2 Å². The summed E-state index contributed by atoms with van der Waals surface area (Å²) < 4.78 is 30.3. The average Bonchev–Trinajstić information content (AvgIpc) is 3.44. The van der Waals surface area contributed by atoms with Gasteiger partial charge in [0.05, 0.1) is 24.7 Å². The van der Waals surface area contributed by atoms with Crippen LogP contribution in [0.1, 0.15) is 74.0 Å². The van der Waals surface area contributed by atoms with Crippen molar-refractivity contribution < 1.29 is 13.2 Å². The summed E-state index contributed by atoms with van der Waals surface area (Å²) in [5.41, 5.74) is 20.8. The lowest BCUT2D eigenvalue weighted by atomic mass is 9.80. The Morgan fingerprint density at radius 2 is 1.00 bits per heavy atom. The van der Waals surface area contributed by atoms with Gasteiger partial charge in [-0.25, -0.2) is 8.42 Å². The molecule has 272 valence electrons. The van der Waals surface area contributed by atoms with Crippen LogP contribution in [0.5, 0.6) is 0 Å². The standard InChI is InChI=1S/C16H18O2S.C16H16O.C16H16S/c1-11-3-5-15-13(7-11)9-19(17,18)10-14-8-12(2)4-6-16(14)15;2*1-11-3-5-15-13(7-11)9-17-10-14-8-12(2)4-6-16(14)15/h3-8,13,15H,9-10H2,1-2H3;2*3-8H,9-10H2,1-2H3. The molecular formula is C48H50O3S2. The second-order valence-electron chi connectivity index (χ2n) is 15.3. The fourth-order valence-electron chi connectivity index (χ4n) is 8.12. The summed E-state index contributed by atoms with van der Waals surface area (Å²) in [4.78, 5) is 0. The Kier molecular flexibility index (Phi) is 11.0. The van der Waals surface area contributed by atoms with Gasteiger partial charge in [-0.2, -0.15) is 11.8 Å². The van der Waals surface area contributed by atoms with Gasteiger partial charge in [0.25, 0.3) is 0 Å². The lowest BCUT2D eigenvalue weighted by Crippen LogP contribution is -2.19. The normalized spacial score (nSPS) is 18.9. The van der Waals surface area contributed by atoms with Crippen molar-refractivity contribution in [3.63, 3.8) is 0 Å². The van der Waals surface area contributed by atoms with E-state index in [1.807, 2.05) is 31.7 Å². The van der Waals surface area contributed by atoms with Gasteiger partial charge < -0.3 is 4.74 Å². The zero-order valence-electron chi connectivity index (χ0n) is 31.8. The highest BCUT2D eigenvalue weighted by Gasteiger charge is 2.33. The summed E-state index contributed by atoms with van der Waals surface area (Å²) >= 11 is 2.02. The maximum absolute atomic E-state index is 12.3. The van der Waals surface area contributed by atoms with Gasteiger partial charge in [-0.1, -0.05) is 143 Å². The monoisotopic (exact) mass is 738 g/mol. The molecule has 2 atom stereocenters. The van der Waals surface area contributed by atoms with Crippen molar-refractivity contribution >= 4 is 21.6 Å². The van der Waals surface area contributed by atoms with E-state index >= 15 is 0 Å². The zero-order valence-corrected chi connectivity index (χ0v) is 33.5. The number of sulfone groups is 1. The molecule has 53 heavy (non-hydrogen) atoms. The lowest BCUT2D eigenvalue weighted by molar-refractivity contribution is 0.109. The van der Waals surface area contributed by atoms with Crippen molar-refractivity contribution in [3.8, 4) is 22.3 Å². The largest absolute Gasteiger partial charge is 0.372 e. The van der Waals surface area contributed by atoms with Crippen LogP contribution in [-0.2, 0) is 45.0 Å². The minimum atomic E-state index is -3.02. The fraction of sp³-hybridized carbons (Fsp3) is 0.292. The van der Waals surface area contributed by atoms with Gasteiger partial charge in [0, 0.05) is 23.3 Å². The Morgan fingerprint density at radius 3 is 1.51 bits per heavy atom. The molecule has 0 aromatic heterocycles. The lowest BCUT2D eigenvalue weighted by Gasteiger charge is -2.24. The van der Waals surface area contributed by atoms with Crippen LogP contribution in [0.25, 0.3) is 22.3 Å². The molecule has 5 aromatic rings. The molecule has 2 unspecified atom stereocenters. The van der Waals surface area contributed by atoms with Crippen LogP contribution in [0.15, 0.2) is 115 Å². The Balaban J connectivity index is 0.000000123. The van der Waals surface area contributed by atoms with Crippen molar-refractivity contribution in [2.75, 3.05) is 5.75 Å². The van der Waals surface area contributed by atoms with Crippen molar-refractivity contribution in [2.24, 2.45) is 5.92 Å². The molecule has 0 N–H and O–H groups in total. The Bertz CT molecular complexity index is 2140. The third-order valence-corrected chi connectivity index (χ3v) is 13.3. The molecule has 0 spiro atoms. The maximum Gasteiger partial charge on any atom is 0.155 e. The third kappa shape index (κ3) is 8.64. The molecular weight excluding hydrogens is 689 g/mol. The van der Waals surface area contributed by atoms with Crippen molar-refractivity contribution in [3.05, 3.63) is 176 Å². The molecule has 9 rings (SSSR count). The van der Waals surface area contributed by atoms with Crippen LogP contribution in [0.2, 0.25) is 0 Å². The summed E-state index contributed by atoms with van der Waals surface area (Å²) in [7, 11) is -3.02. The van der Waals surface area contributed by atoms with E-state index in [1.54, 1.807) is 0 Å². The van der Waals surface area contributed by atoms with E-state index < -0.39 is 9.84 Å². The van der Waals surface area contributed by atoms with Crippen molar-refractivity contribution in [2.45, 2.75) is 77.9 Å². The second-order valence-corrected chi connectivity index (χ2v) is 18.4. The first-order valence-corrected chi connectivity index (χ1v) is 21.6. The molecule has 3 aliphatic heterocycles. The summed E-state index contributed by atoms with van der Waals surface area (Å²) in [6.07, 6.45) is 6.37. The summed E-state index contributed by atoms with van der Waals surface area (Å²) in [6, 6.07) is 33.1. The van der Waals surface area contributed by atoms with E-state index in [-0.39, 0.29) is 23.3 Å². The number of allylic oxidation sites excluding steroid dienone is 4. The molecule has 1 aliphatic carbocycles. The first kappa shape index (κ1) is 37.2. The number of fused-ring (bicyclic) bond motifs is 9. The van der Waals surface area contributed by atoms with Gasteiger partial charge in [0.2, 0.25) is 0 Å². The Labute approximate surface area is 321 Å². The summed E-state index contributed by atoms with van der Waals surface area (Å²) in [5, 5.41) is 0. The van der Waals surface area contributed by atoms with Crippen LogP contribution in [0.4, 0.5) is 0 Å². The molecule has 5 aromatic carbocycles. The minimum Gasteiger partial charge on any atom is -0.372 e. The Hall–Kier alpha value is -4.16. The summed E-state index contributed by atoms with van der Waals surface area (Å²) in [5.74, 6) is 2.98. The quantitative estimate of drug-likeness (QED) is 0.159. The fourth-order valence-corrected chi connectivity index (χ4v) is 10.9. The molecule has 3 nitrogen and oxygen atoms in total. The van der Waals surface area contributed by atoms with Crippen LogP contribution < -0.4 is 0 Å². The average molecular weight is 739 g/mol. The first-order valence-electron chi connectivity index (χ1n) is 18.6. The molecule has 0 saturated heterocycles. The molecule has 3 heterocycles. The van der Waals surface area contributed by atoms with Gasteiger partial charge in [-0.3, -0.25) is 0 Å².